The predicted octanol–water partition coefficient (Wildman–Crippen LogP) is 3.29. The third-order valence-electron chi connectivity index (χ3n) is 3.53. The second kappa shape index (κ2) is 8.98. The van der Waals surface area contributed by atoms with Crippen molar-refractivity contribution in [1.82, 2.24) is 5.32 Å². The van der Waals surface area contributed by atoms with E-state index in [4.69, 9.17) is 4.74 Å². The minimum Gasteiger partial charge on any atom is -0.494 e. The van der Waals surface area contributed by atoms with Gasteiger partial charge < -0.3 is 15.2 Å². The highest BCUT2D eigenvalue weighted by Gasteiger charge is 2.21. The van der Waals surface area contributed by atoms with Gasteiger partial charge in [-0.05, 0) is 63.8 Å². The Kier molecular flexibility index (Phi) is 7.63. The van der Waals surface area contributed by atoms with E-state index < -0.39 is 0 Å². The Morgan fingerprint density at radius 2 is 2.10 bits per heavy atom. The monoisotopic (exact) mass is 279 g/mol. The van der Waals surface area contributed by atoms with Gasteiger partial charge in [-0.25, -0.2) is 0 Å². The number of nitrogens with one attached hydrogen (secondary N) is 1. The molecule has 114 valence electrons. The summed E-state index contributed by atoms with van der Waals surface area (Å²) in [5, 5.41) is 12.9. The average molecular weight is 279 g/mol. The number of benzene rings is 1. The van der Waals surface area contributed by atoms with Crippen molar-refractivity contribution in [2.24, 2.45) is 0 Å². The lowest BCUT2D eigenvalue weighted by Crippen LogP contribution is -2.46. The van der Waals surface area contributed by atoms with Crippen LogP contribution in [0.1, 0.15) is 45.1 Å². The van der Waals surface area contributed by atoms with Crippen molar-refractivity contribution in [1.29, 1.82) is 0 Å². The summed E-state index contributed by atoms with van der Waals surface area (Å²) >= 11 is 0. The molecule has 0 saturated carbocycles. The summed E-state index contributed by atoms with van der Waals surface area (Å²) in [5.74, 6) is 0.944. The Labute approximate surface area is 123 Å². The minimum absolute atomic E-state index is 0.153. The summed E-state index contributed by atoms with van der Waals surface area (Å²) in [5.41, 5.74) is 1.07. The van der Waals surface area contributed by atoms with Crippen LogP contribution in [0.4, 0.5) is 0 Å². The molecule has 0 radical (unpaired) electrons. The average Bonchev–Trinajstić information content (AvgIpc) is 2.45. The van der Waals surface area contributed by atoms with Gasteiger partial charge in [-0.2, -0.15) is 0 Å². The maximum atomic E-state index is 9.48. The lowest BCUT2D eigenvalue weighted by atomic mass is 9.95. The van der Waals surface area contributed by atoms with Gasteiger partial charge in [0.25, 0.3) is 0 Å². The first kappa shape index (κ1) is 17.0. The number of hydrogen-bond acceptors (Lipinski definition) is 3. The van der Waals surface area contributed by atoms with E-state index in [2.05, 4.69) is 38.2 Å². The van der Waals surface area contributed by atoms with E-state index in [0.717, 1.165) is 44.6 Å². The fourth-order valence-electron chi connectivity index (χ4n) is 2.16. The summed E-state index contributed by atoms with van der Waals surface area (Å²) in [7, 11) is 0. The van der Waals surface area contributed by atoms with Crippen LogP contribution in [0.5, 0.6) is 5.75 Å². The van der Waals surface area contributed by atoms with E-state index >= 15 is 0 Å². The first-order valence-corrected chi connectivity index (χ1v) is 7.65. The zero-order valence-corrected chi connectivity index (χ0v) is 13.1. The van der Waals surface area contributed by atoms with Gasteiger partial charge in [-0.3, -0.25) is 0 Å². The molecule has 3 heteroatoms. The number of hydrogen-bond donors (Lipinski definition) is 2. The lowest BCUT2D eigenvalue weighted by Gasteiger charge is -2.28. The van der Waals surface area contributed by atoms with Crippen molar-refractivity contribution in [2.45, 2.75) is 52.0 Å². The molecule has 0 aliphatic heterocycles. The SMILES string of the molecule is CCCNC(C)(CO)CCCCOc1cccc(C)c1. The van der Waals surface area contributed by atoms with Crippen LogP contribution in [0.3, 0.4) is 0 Å². The van der Waals surface area contributed by atoms with Crippen LogP contribution in [0.15, 0.2) is 24.3 Å². The molecule has 0 amide bonds. The maximum absolute atomic E-state index is 9.48. The van der Waals surface area contributed by atoms with Crippen LogP contribution >= 0.6 is 0 Å². The minimum atomic E-state index is -0.153. The Balaban J connectivity index is 2.20. The highest BCUT2D eigenvalue weighted by atomic mass is 16.5. The van der Waals surface area contributed by atoms with Gasteiger partial charge in [0.05, 0.1) is 13.2 Å². The van der Waals surface area contributed by atoms with Gasteiger partial charge in [0, 0.05) is 5.54 Å². The molecule has 3 nitrogen and oxygen atoms in total. The number of ether oxygens (including phenoxy) is 1. The predicted molar refractivity (Wildman–Crippen MR) is 84.3 cm³/mol. The fraction of sp³-hybridized carbons (Fsp3) is 0.647. The molecule has 1 unspecified atom stereocenters. The van der Waals surface area contributed by atoms with Crippen molar-refractivity contribution in [2.75, 3.05) is 19.8 Å². The highest BCUT2D eigenvalue weighted by molar-refractivity contribution is 5.27. The smallest absolute Gasteiger partial charge is 0.119 e. The number of unbranched alkanes of at least 4 members (excludes halogenated alkanes) is 1. The Morgan fingerprint density at radius 3 is 2.75 bits per heavy atom. The van der Waals surface area contributed by atoms with E-state index in [9.17, 15) is 5.11 Å². The van der Waals surface area contributed by atoms with Crippen LogP contribution in [-0.4, -0.2) is 30.4 Å². The van der Waals surface area contributed by atoms with Gasteiger partial charge >= 0.3 is 0 Å². The first-order chi connectivity index (χ1) is 9.59. The van der Waals surface area contributed by atoms with Crippen LogP contribution in [0, 0.1) is 6.92 Å². The summed E-state index contributed by atoms with van der Waals surface area (Å²) in [6.45, 7) is 8.17. The lowest BCUT2D eigenvalue weighted by molar-refractivity contribution is 0.160. The summed E-state index contributed by atoms with van der Waals surface area (Å²) < 4.78 is 5.73. The highest BCUT2D eigenvalue weighted by Crippen LogP contribution is 2.15. The van der Waals surface area contributed by atoms with E-state index in [1.54, 1.807) is 0 Å². The molecule has 0 aliphatic carbocycles. The first-order valence-electron chi connectivity index (χ1n) is 7.65. The molecule has 1 atom stereocenters. The number of rotatable bonds is 10. The number of aryl methyl sites for hydroxylation is 1. The van der Waals surface area contributed by atoms with Crippen molar-refractivity contribution in [3.05, 3.63) is 29.8 Å². The third-order valence-corrected chi connectivity index (χ3v) is 3.53. The van der Waals surface area contributed by atoms with Crippen LogP contribution < -0.4 is 10.1 Å². The van der Waals surface area contributed by atoms with Gasteiger partial charge in [0.2, 0.25) is 0 Å². The standard InChI is InChI=1S/C17H29NO2/c1-4-11-18-17(3,14-19)10-5-6-12-20-16-9-7-8-15(2)13-16/h7-9,13,18-19H,4-6,10-12,14H2,1-3H3. The van der Waals surface area contributed by atoms with Gasteiger partial charge in [-0.15, -0.1) is 0 Å². The summed E-state index contributed by atoms with van der Waals surface area (Å²) in [6, 6.07) is 8.13. The molecular weight excluding hydrogens is 250 g/mol. The second-order valence-corrected chi connectivity index (χ2v) is 5.77. The molecule has 2 N–H and O–H groups in total. The molecule has 20 heavy (non-hydrogen) atoms. The second-order valence-electron chi connectivity index (χ2n) is 5.77. The normalized spacial score (nSPS) is 14.0. The molecule has 0 saturated heterocycles. The zero-order chi connectivity index (χ0) is 14.8. The van der Waals surface area contributed by atoms with E-state index in [0.29, 0.717) is 0 Å². The molecule has 0 spiro atoms. The van der Waals surface area contributed by atoms with Crippen molar-refractivity contribution in [3.63, 3.8) is 0 Å². The van der Waals surface area contributed by atoms with E-state index in [1.165, 1.54) is 5.56 Å². The molecule has 1 rings (SSSR count). The van der Waals surface area contributed by atoms with Crippen LogP contribution in [0.25, 0.3) is 0 Å². The van der Waals surface area contributed by atoms with E-state index in [1.807, 2.05) is 12.1 Å². The Bertz CT molecular complexity index is 381. The third kappa shape index (κ3) is 6.40. The molecular formula is C17H29NO2. The van der Waals surface area contributed by atoms with Crippen LogP contribution in [0.2, 0.25) is 0 Å². The van der Waals surface area contributed by atoms with Gasteiger partial charge in [0.15, 0.2) is 0 Å². The molecule has 0 fully saturated rings. The van der Waals surface area contributed by atoms with Crippen LogP contribution in [-0.2, 0) is 0 Å². The summed E-state index contributed by atoms with van der Waals surface area (Å²) in [6.07, 6.45) is 4.13. The Morgan fingerprint density at radius 1 is 1.30 bits per heavy atom. The fourth-order valence-corrected chi connectivity index (χ4v) is 2.16. The van der Waals surface area contributed by atoms with Crippen molar-refractivity contribution in [3.8, 4) is 5.75 Å². The number of aliphatic hydroxyl groups excluding tert-OH is 1. The van der Waals surface area contributed by atoms with Gasteiger partial charge in [-0.1, -0.05) is 19.1 Å². The quantitative estimate of drug-likeness (QED) is 0.646. The summed E-state index contributed by atoms with van der Waals surface area (Å²) in [4.78, 5) is 0. The number of aliphatic hydroxyl groups is 1. The molecule has 0 bridgehead atoms. The molecule has 0 heterocycles. The van der Waals surface area contributed by atoms with E-state index in [-0.39, 0.29) is 12.1 Å². The zero-order valence-electron chi connectivity index (χ0n) is 13.1. The molecule has 0 aromatic heterocycles. The molecule has 1 aromatic rings. The molecule has 1 aromatic carbocycles. The van der Waals surface area contributed by atoms with Gasteiger partial charge in [0.1, 0.15) is 5.75 Å². The molecule has 0 aliphatic rings. The topological polar surface area (TPSA) is 41.5 Å². The van der Waals surface area contributed by atoms with Crippen molar-refractivity contribution >= 4 is 0 Å². The Hall–Kier alpha value is -1.06. The van der Waals surface area contributed by atoms with Crippen molar-refractivity contribution < 1.29 is 9.84 Å². The maximum Gasteiger partial charge on any atom is 0.119 e. The largest absolute Gasteiger partial charge is 0.494 e.